The molecule has 24 heavy (non-hydrogen) atoms. The number of ether oxygens (including phenoxy) is 2. The highest BCUT2D eigenvalue weighted by molar-refractivity contribution is 5.98. The second-order valence-corrected chi connectivity index (χ2v) is 5.72. The van der Waals surface area contributed by atoms with Crippen LogP contribution in [0, 0.1) is 13.8 Å². The van der Waals surface area contributed by atoms with Crippen molar-refractivity contribution in [2.45, 2.75) is 27.3 Å². The van der Waals surface area contributed by atoms with E-state index in [9.17, 15) is 9.59 Å². The summed E-state index contributed by atoms with van der Waals surface area (Å²) in [7, 11) is 1.66. The van der Waals surface area contributed by atoms with Gasteiger partial charge in [-0.25, -0.2) is 0 Å². The highest BCUT2D eigenvalue weighted by atomic mass is 16.5. The number of aromatic nitrogens is 1. The molecular formula is C19H23NO4. The number of hydrogen-bond acceptors (Lipinski definition) is 4. The summed E-state index contributed by atoms with van der Waals surface area (Å²) in [4.78, 5) is 23.7. The normalized spacial score (nSPS) is 10.7. The predicted octanol–water partition coefficient (Wildman–Crippen LogP) is 3.22. The minimum absolute atomic E-state index is 0.00104. The fraction of sp³-hybridized carbons (Fsp3) is 0.368. The second-order valence-electron chi connectivity index (χ2n) is 5.72. The number of nitrogens with zero attached hydrogens (tertiary/aromatic N) is 1. The third-order valence-corrected chi connectivity index (χ3v) is 4.02. The summed E-state index contributed by atoms with van der Waals surface area (Å²) in [5.41, 5.74) is 3.24. The Bertz CT molecular complexity index is 729. The highest BCUT2D eigenvalue weighted by Gasteiger charge is 2.16. The maximum absolute atomic E-state index is 12.4. The summed E-state index contributed by atoms with van der Waals surface area (Å²) in [6.45, 7) is 6.70. The number of rotatable bonds is 8. The monoisotopic (exact) mass is 329 g/mol. The topological polar surface area (TPSA) is 57.5 Å². The first-order valence-corrected chi connectivity index (χ1v) is 7.86. The van der Waals surface area contributed by atoms with Crippen LogP contribution in [0.15, 0.2) is 30.3 Å². The van der Waals surface area contributed by atoms with Crippen LogP contribution in [0.4, 0.5) is 0 Å². The molecule has 1 aromatic heterocycles. The van der Waals surface area contributed by atoms with Crippen LogP contribution in [-0.2, 0) is 11.3 Å². The first-order chi connectivity index (χ1) is 11.4. The van der Waals surface area contributed by atoms with E-state index >= 15 is 0 Å². The van der Waals surface area contributed by atoms with Gasteiger partial charge in [0.2, 0.25) is 5.78 Å². The van der Waals surface area contributed by atoms with E-state index in [1.165, 1.54) is 6.92 Å². The Balaban J connectivity index is 2.03. The zero-order valence-electron chi connectivity index (χ0n) is 14.6. The van der Waals surface area contributed by atoms with E-state index in [0.717, 1.165) is 17.9 Å². The van der Waals surface area contributed by atoms with Gasteiger partial charge in [-0.3, -0.25) is 9.59 Å². The fourth-order valence-electron chi connectivity index (χ4n) is 2.62. The molecule has 5 nitrogen and oxygen atoms in total. The Kier molecular flexibility index (Phi) is 5.93. The smallest absolute Gasteiger partial charge is 0.202 e. The van der Waals surface area contributed by atoms with Crippen LogP contribution in [-0.4, -0.2) is 36.5 Å². The minimum atomic E-state index is -0.0672. The van der Waals surface area contributed by atoms with Gasteiger partial charge < -0.3 is 14.0 Å². The summed E-state index contributed by atoms with van der Waals surface area (Å²) >= 11 is 0. The van der Waals surface area contributed by atoms with Gasteiger partial charge >= 0.3 is 0 Å². The van der Waals surface area contributed by atoms with E-state index in [1.807, 2.05) is 19.9 Å². The third-order valence-electron chi connectivity index (χ3n) is 4.02. The first kappa shape index (κ1) is 17.9. The fourth-order valence-corrected chi connectivity index (χ4v) is 2.62. The van der Waals surface area contributed by atoms with Crippen LogP contribution in [0.5, 0.6) is 5.75 Å². The predicted molar refractivity (Wildman–Crippen MR) is 92.1 cm³/mol. The van der Waals surface area contributed by atoms with Crippen molar-refractivity contribution in [1.82, 2.24) is 4.57 Å². The molecule has 1 aromatic carbocycles. The number of benzene rings is 1. The summed E-state index contributed by atoms with van der Waals surface area (Å²) in [5.74, 6) is 0.505. The van der Waals surface area contributed by atoms with E-state index in [2.05, 4.69) is 4.57 Å². The lowest BCUT2D eigenvalue weighted by molar-refractivity contribution is 0.0919. The van der Waals surface area contributed by atoms with E-state index in [0.29, 0.717) is 23.5 Å². The molecule has 0 aliphatic heterocycles. The molecule has 0 N–H and O–H groups in total. The number of carbonyl (C=O) groups is 2. The van der Waals surface area contributed by atoms with Gasteiger partial charge in [-0.05, 0) is 51.1 Å². The molecule has 0 saturated heterocycles. The van der Waals surface area contributed by atoms with Crippen LogP contribution in [0.2, 0.25) is 0 Å². The Morgan fingerprint density at radius 2 is 1.79 bits per heavy atom. The van der Waals surface area contributed by atoms with Crippen LogP contribution in [0.1, 0.15) is 39.0 Å². The SMILES string of the molecule is COCCn1c(C)cc(C(=O)COc2ccc(C(C)=O)cc2)c1C. The molecule has 0 bridgehead atoms. The molecule has 0 spiro atoms. The van der Waals surface area contributed by atoms with E-state index < -0.39 is 0 Å². The van der Waals surface area contributed by atoms with E-state index in [1.54, 1.807) is 31.4 Å². The average Bonchev–Trinajstić information content (AvgIpc) is 2.85. The lowest BCUT2D eigenvalue weighted by atomic mass is 10.1. The molecule has 0 aliphatic rings. The summed E-state index contributed by atoms with van der Waals surface area (Å²) < 4.78 is 12.7. The number of methoxy groups -OCH3 is 1. The lowest BCUT2D eigenvalue weighted by Crippen LogP contribution is -2.13. The molecular weight excluding hydrogens is 306 g/mol. The van der Waals surface area contributed by atoms with Crippen LogP contribution in [0.3, 0.4) is 0 Å². The molecule has 2 aromatic rings. The van der Waals surface area contributed by atoms with Crippen LogP contribution < -0.4 is 4.74 Å². The first-order valence-electron chi connectivity index (χ1n) is 7.86. The molecule has 0 atom stereocenters. The van der Waals surface area contributed by atoms with Gasteiger partial charge in [0, 0.05) is 36.2 Å². The molecule has 0 radical (unpaired) electrons. The van der Waals surface area contributed by atoms with Gasteiger partial charge in [0.1, 0.15) is 5.75 Å². The van der Waals surface area contributed by atoms with Crippen molar-refractivity contribution in [2.75, 3.05) is 20.3 Å². The van der Waals surface area contributed by atoms with Crippen molar-refractivity contribution in [3.63, 3.8) is 0 Å². The summed E-state index contributed by atoms with van der Waals surface area (Å²) in [6, 6.07) is 8.67. The molecule has 128 valence electrons. The van der Waals surface area contributed by atoms with Crippen LogP contribution in [0.25, 0.3) is 0 Å². The summed E-state index contributed by atoms with van der Waals surface area (Å²) in [6.07, 6.45) is 0. The molecule has 5 heteroatoms. The zero-order valence-corrected chi connectivity index (χ0v) is 14.6. The third kappa shape index (κ3) is 4.11. The molecule has 0 fully saturated rings. The average molecular weight is 329 g/mol. The molecule has 0 aliphatic carbocycles. The number of aryl methyl sites for hydroxylation is 1. The largest absolute Gasteiger partial charge is 0.485 e. The maximum Gasteiger partial charge on any atom is 0.202 e. The van der Waals surface area contributed by atoms with E-state index in [4.69, 9.17) is 9.47 Å². The lowest BCUT2D eigenvalue weighted by Gasteiger charge is -2.09. The van der Waals surface area contributed by atoms with Crippen LogP contribution >= 0.6 is 0 Å². The molecule has 0 amide bonds. The van der Waals surface area contributed by atoms with Gasteiger partial charge in [0.25, 0.3) is 0 Å². The Labute approximate surface area is 142 Å². The molecule has 0 unspecified atom stereocenters. The number of ketones is 2. The Morgan fingerprint density at radius 1 is 1.12 bits per heavy atom. The number of hydrogen-bond donors (Lipinski definition) is 0. The van der Waals surface area contributed by atoms with Crippen molar-refractivity contribution in [2.24, 2.45) is 0 Å². The van der Waals surface area contributed by atoms with Gasteiger partial charge in [0.15, 0.2) is 12.4 Å². The standard InChI is InChI=1S/C19H23NO4/c1-13-11-18(14(2)20(13)9-10-23-4)19(22)12-24-17-7-5-16(6-8-17)15(3)21/h5-8,11H,9-10,12H2,1-4H3. The van der Waals surface area contributed by atoms with Crippen molar-refractivity contribution < 1.29 is 19.1 Å². The van der Waals surface area contributed by atoms with Gasteiger partial charge in [-0.1, -0.05) is 0 Å². The Hall–Kier alpha value is -2.40. The molecule has 1 heterocycles. The number of Topliss-reactive ketones (excluding diaryl/α,β-unsaturated/α-hetero) is 2. The van der Waals surface area contributed by atoms with Crippen molar-refractivity contribution in [3.05, 3.63) is 52.8 Å². The molecule has 0 saturated carbocycles. The maximum atomic E-state index is 12.4. The minimum Gasteiger partial charge on any atom is -0.485 e. The van der Waals surface area contributed by atoms with Gasteiger partial charge in [-0.2, -0.15) is 0 Å². The zero-order chi connectivity index (χ0) is 17.7. The van der Waals surface area contributed by atoms with E-state index in [-0.39, 0.29) is 18.2 Å². The highest BCUT2D eigenvalue weighted by Crippen LogP contribution is 2.17. The van der Waals surface area contributed by atoms with Crippen molar-refractivity contribution >= 4 is 11.6 Å². The number of carbonyl (C=O) groups excluding carboxylic acids is 2. The van der Waals surface area contributed by atoms with Gasteiger partial charge in [0.05, 0.1) is 6.61 Å². The molecule has 2 rings (SSSR count). The van der Waals surface area contributed by atoms with Gasteiger partial charge in [-0.15, -0.1) is 0 Å². The quantitative estimate of drug-likeness (QED) is 0.698. The summed E-state index contributed by atoms with van der Waals surface area (Å²) in [5, 5.41) is 0. The Morgan fingerprint density at radius 3 is 2.38 bits per heavy atom. The van der Waals surface area contributed by atoms with Crippen molar-refractivity contribution in [3.8, 4) is 5.75 Å². The second kappa shape index (κ2) is 7.93. The van der Waals surface area contributed by atoms with Crippen molar-refractivity contribution in [1.29, 1.82) is 0 Å².